The summed E-state index contributed by atoms with van der Waals surface area (Å²) >= 11 is 1.72. The van der Waals surface area contributed by atoms with Crippen LogP contribution in [0.1, 0.15) is 15.9 Å². The first kappa shape index (κ1) is 12.9. The minimum absolute atomic E-state index is 0.00606. The molecule has 1 amide bonds. The van der Waals surface area contributed by atoms with Crippen LogP contribution in [-0.4, -0.2) is 41.5 Å². The largest absolute Gasteiger partial charge is 0.508 e. The summed E-state index contributed by atoms with van der Waals surface area (Å²) in [6.45, 7) is 2.57. The van der Waals surface area contributed by atoms with Gasteiger partial charge in [-0.25, -0.2) is 0 Å². The molecule has 0 radical (unpaired) electrons. The zero-order chi connectivity index (χ0) is 12.1. The summed E-state index contributed by atoms with van der Waals surface area (Å²) in [5.41, 5.74) is 1.46. The maximum absolute atomic E-state index is 12.0. The molecule has 1 aromatic rings. The molecule has 0 saturated carbocycles. The lowest BCUT2D eigenvalue weighted by atomic mass is 10.1. The Hall–Kier alpha value is -1.16. The molecule has 88 valence electrons. The minimum Gasteiger partial charge on any atom is -0.508 e. The van der Waals surface area contributed by atoms with Crippen LogP contribution in [0.2, 0.25) is 0 Å². The molecule has 1 aromatic carbocycles. The highest BCUT2D eigenvalue weighted by molar-refractivity contribution is 7.98. The van der Waals surface area contributed by atoms with Gasteiger partial charge in [0.1, 0.15) is 5.75 Å². The maximum Gasteiger partial charge on any atom is 0.253 e. The molecule has 0 unspecified atom stereocenters. The fourth-order valence-corrected chi connectivity index (χ4v) is 1.88. The molecular weight excluding hydrogens is 222 g/mol. The Balaban J connectivity index is 2.79. The van der Waals surface area contributed by atoms with Gasteiger partial charge in [0, 0.05) is 24.9 Å². The van der Waals surface area contributed by atoms with Crippen LogP contribution in [0.15, 0.2) is 18.2 Å². The molecule has 0 bridgehead atoms. The Labute approximate surface area is 100 Å². The molecule has 0 heterocycles. The second kappa shape index (κ2) is 5.80. The molecule has 3 nitrogen and oxygen atoms in total. The van der Waals surface area contributed by atoms with Crippen molar-refractivity contribution in [2.75, 3.05) is 25.6 Å². The molecule has 0 fully saturated rings. The zero-order valence-corrected chi connectivity index (χ0v) is 10.7. The van der Waals surface area contributed by atoms with Gasteiger partial charge in [-0.1, -0.05) is 0 Å². The van der Waals surface area contributed by atoms with Crippen LogP contribution in [0.4, 0.5) is 0 Å². The number of carbonyl (C=O) groups excluding carboxylic acids is 1. The Bertz CT molecular complexity index is 379. The third kappa shape index (κ3) is 3.17. The minimum atomic E-state index is 0.00606. The van der Waals surface area contributed by atoms with E-state index in [2.05, 4.69) is 0 Å². The number of rotatable bonds is 4. The van der Waals surface area contributed by atoms with Crippen molar-refractivity contribution in [3.63, 3.8) is 0 Å². The highest BCUT2D eigenvalue weighted by Crippen LogP contribution is 2.17. The standard InChI is InChI=1S/C12H17NO2S/c1-9-8-10(14)4-5-11(9)12(15)13(2)6-7-16-3/h4-5,8,14H,6-7H2,1-3H3. The maximum atomic E-state index is 12.0. The average molecular weight is 239 g/mol. The van der Waals surface area contributed by atoms with Gasteiger partial charge >= 0.3 is 0 Å². The SMILES string of the molecule is CSCCN(C)C(=O)c1ccc(O)cc1C. The van der Waals surface area contributed by atoms with Crippen molar-refractivity contribution in [2.45, 2.75) is 6.92 Å². The van der Waals surface area contributed by atoms with Crippen LogP contribution < -0.4 is 0 Å². The Morgan fingerprint density at radius 1 is 1.50 bits per heavy atom. The summed E-state index contributed by atoms with van der Waals surface area (Å²) < 4.78 is 0. The average Bonchev–Trinajstić information content (AvgIpc) is 2.25. The highest BCUT2D eigenvalue weighted by Gasteiger charge is 2.13. The fraction of sp³-hybridized carbons (Fsp3) is 0.417. The van der Waals surface area contributed by atoms with E-state index in [1.807, 2.05) is 13.2 Å². The number of hydrogen-bond donors (Lipinski definition) is 1. The molecule has 0 saturated heterocycles. The second-order valence-corrected chi connectivity index (χ2v) is 4.70. The van der Waals surface area contributed by atoms with Crippen molar-refractivity contribution >= 4 is 17.7 Å². The van der Waals surface area contributed by atoms with Gasteiger partial charge in [0.2, 0.25) is 0 Å². The van der Waals surface area contributed by atoms with Crippen molar-refractivity contribution in [1.29, 1.82) is 0 Å². The van der Waals surface area contributed by atoms with Gasteiger partial charge in [-0.3, -0.25) is 4.79 Å². The topological polar surface area (TPSA) is 40.5 Å². The summed E-state index contributed by atoms with van der Waals surface area (Å²) in [4.78, 5) is 13.7. The summed E-state index contributed by atoms with van der Waals surface area (Å²) in [5.74, 6) is 1.13. The van der Waals surface area contributed by atoms with Crippen molar-refractivity contribution in [3.8, 4) is 5.75 Å². The number of phenolic OH excluding ortho intramolecular Hbond substituents is 1. The first-order valence-corrected chi connectivity index (χ1v) is 6.49. The Kier molecular flexibility index (Phi) is 4.68. The first-order chi connectivity index (χ1) is 7.56. The highest BCUT2D eigenvalue weighted by atomic mass is 32.2. The molecule has 0 aliphatic carbocycles. The van der Waals surface area contributed by atoms with E-state index < -0.39 is 0 Å². The van der Waals surface area contributed by atoms with E-state index in [0.717, 1.165) is 17.9 Å². The molecule has 0 spiro atoms. The fourth-order valence-electron chi connectivity index (χ4n) is 1.42. The smallest absolute Gasteiger partial charge is 0.253 e. The molecule has 0 aliphatic heterocycles. The Morgan fingerprint density at radius 2 is 2.19 bits per heavy atom. The van der Waals surface area contributed by atoms with Crippen molar-refractivity contribution in [1.82, 2.24) is 4.90 Å². The third-order valence-electron chi connectivity index (χ3n) is 2.42. The van der Waals surface area contributed by atoms with E-state index in [-0.39, 0.29) is 11.7 Å². The van der Waals surface area contributed by atoms with E-state index in [1.165, 1.54) is 0 Å². The number of benzene rings is 1. The normalized spacial score (nSPS) is 10.2. The summed E-state index contributed by atoms with van der Waals surface area (Å²) in [5, 5.41) is 9.27. The van der Waals surface area contributed by atoms with Crippen molar-refractivity contribution < 1.29 is 9.90 Å². The number of carbonyl (C=O) groups is 1. The number of aryl methyl sites for hydroxylation is 1. The third-order valence-corrected chi connectivity index (χ3v) is 3.01. The number of nitrogens with zero attached hydrogens (tertiary/aromatic N) is 1. The zero-order valence-electron chi connectivity index (χ0n) is 9.86. The quantitative estimate of drug-likeness (QED) is 0.875. The molecular formula is C12H17NO2S. The molecule has 0 aromatic heterocycles. The number of hydrogen-bond acceptors (Lipinski definition) is 3. The van der Waals surface area contributed by atoms with Gasteiger partial charge in [-0.05, 0) is 36.9 Å². The predicted molar refractivity (Wildman–Crippen MR) is 68.2 cm³/mol. The van der Waals surface area contributed by atoms with Crippen LogP contribution in [0, 0.1) is 6.92 Å². The molecule has 4 heteroatoms. The second-order valence-electron chi connectivity index (χ2n) is 3.72. The van der Waals surface area contributed by atoms with Crippen molar-refractivity contribution in [3.05, 3.63) is 29.3 Å². The van der Waals surface area contributed by atoms with Gasteiger partial charge in [-0.15, -0.1) is 0 Å². The summed E-state index contributed by atoms with van der Waals surface area (Å²) in [7, 11) is 1.80. The van der Waals surface area contributed by atoms with Gasteiger partial charge in [0.15, 0.2) is 0 Å². The van der Waals surface area contributed by atoms with E-state index in [1.54, 1.807) is 41.9 Å². The van der Waals surface area contributed by atoms with Gasteiger partial charge in [0.05, 0.1) is 0 Å². The number of thioether (sulfide) groups is 1. The van der Waals surface area contributed by atoms with E-state index in [4.69, 9.17) is 0 Å². The summed E-state index contributed by atoms with van der Waals surface area (Å²) in [6.07, 6.45) is 2.02. The van der Waals surface area contributed by atoms with E-state index in [9.17, 15) is 9.90 Å². The lowest BCUT2D eigenvalue weighted by Crippen LogP contribution is -2.29. The lowest BCUT2D eigenvalue weighted by Gasteiger charge is -2.17. The molecule has 1 N–H and O–H groups in total. The number of aromatic hydroxyl groups is 1. The Morgan fingerprint density at radius 3 is 2.75 bits per heavy atom. The number of amides is 1. The first-order valence-electron chi connectivity index (χ1n) is 5.10. The van der Waals surface area contributed by atoms with Crippen LogP contribution in [0.3, 0.4) is 0 Å². The van der Waals surface area contributed by atoms with Crippen LogP contribution in [0.25, 0.3) is 0 Å². The molecule has 1 rings (SSSR count). The van der Waals surface area contributed by atoms with E-state index >= 15 is 0 Å². The van der Waals surface area contributed by atoms with Gasteiger partial charge in [-0.2, -0.15) is 11.8 Å². The monoisotopic (exact) mass is 239 g/mol. The van der Waals surface area contributed by atoms with Crippen molar-refractivity contribution in [2.24, 2.45) is 0 Å². The van der Waals surface area contributed by atoms with Gasteiger partial charge < -0.3 is 10.0 Å². The molecule has 0 aliphatic rings. The van der Waals surface area contributed by atoms with Crippen LogP contribution >= 0.6 is 11.8 Å². The van der Waals surface area contributed by atoms with Gasteiger partial charge in [0.25, 0.3) is 5.91 Å². The predicted octanol–water partition coefficient (Wildman–Crippen LogP) is 2.14. The molecule has 16 heavy (non-hydrogen) atoms. The summed E-state index contributed by atoms with van der Waals surface area (Å²) in [6, 6.07) is 4.82. The lowest BCUT2D eigenvalue weighted by molar-refractivity contribution is 0.0803. The number of phenols is 1. The van der Waals surface area contributed by atoms with Crippen LogP contribution in [0.5, 0.6) is 5.75 Å². The van der Waals surface area contributed by atoms with Crippen LogP contribution in [-0.2, 0) is 0 Å². The van der Waals surface area contributed by atoms with E-state index in [0.29, 0.717) is 5.56 Å². The molecule has 0 atom stereocenters.